The molecule has 50 valence electrons. The summed E-state index contributed by atoms with van der Waals surface area (Å²) in [5.74, 6) is -0.344. The van der Waals surface area contributed by atoms with Gasteiger partial charge in [0.1, 0.15) is 4.48 Å². The summed E-state index contributed by atoms with van der Waals surface area (Å²) in [4.78, 5) is 10.6. The Morgan fingerprint density at radius 2 is 2.00 bits per heavy atom. The van der Waals surface area contributed by atoms with Crippen LogP contribution in [0.4, 0.5) is 0 Å². The Balaban J connectivity index is 2.92. The summed E-state index contributed by atoms with van der Waals surface area (Å²) in [6.07, 6.45) is 0. The number of ether oxygens (including phenoxy) is 1. The van der Waals surface area contributed by atoms with Crippen LogP contribution < -0.4 is 0 Å². The first kappa shape index (κ1) is 7.75. The van der Waals surface area contributed by atoms with Crippen LogP contribution in [0.2, 0.25) is 0 Å². The monoisotopic (exact) mass is 318 g/mol. The average Bonchev–Trinajstić information content (AvgIpc) is 1.98. The minimum Gasteiger partial charge on any atom is -0.441 e. The molecule has 0 aromatic carbocycles. The second kappa shape index (κ2) is 2.72. The van der Waals surface area contributed by atoms with E-state index in [0.717, 1.165) is 0 Å². The highest BCUT2D eigenvalue weighted by Gasteiger charge is 2.28. The smallest absolute Gasteiger partial charge is 0.347 e. The molecule has 1 heterocycles. The van der Waals surface area contributed by atoms with E-state index in [0.29, 0.717) is 8.96 Å². The van der Waals surface area contributed by atoms with Gasteiger partial charge in [0.25, 0.3) is 0 Å². The molecular formula is C4HBr3O2. The van der Waals surface area contributed by atoms with E-state index in [-0.39, 0.29) is 11.0 Å². The zero-order chi connectivity index (χ0) is 7.02. The van der Waals surface area contributed by atoms with E-state index in [4.69, 9.17) is 4.74 Å². The number of esters is 1. The number of hydrogen-bond donors (Lipinski definition) is 0. The van der Waals surface area contributed by atoms with Gasteiger partial charge in [-0.25, -0.2) is 4.79 Å². The molecule has 0 saturated carbocycles. The molecule has 2 nitrogen and oxygen atoms in total. The molecule has 1 atom stereocenters. The lowest BCUT2D eigenvalue weighted by atomic mass is 10.6. The predicted octanol–water partition coefficient (Wildman–Crippen LogP) is 2.27. The van der Waals surface area contributed by atoms with E-state index in [1.54, 1.807) is 0 Å². The van der Waals surface area contributed by atoms with Crippen LogP contribution in [-0.2, 0) is 9.53 Å². The molecule has 0 aromatic heterocycles. The van der Waals surface area contributed by atoms with Crippen LogP contribution >= 0.6 is 47.8 Å². The van der Waals surface area contributed by atoms with Crippen molar-refractivity contribution in [1.29, 1.82) is 0 Å². The molecule has 0 aliphatic carbocycles. The summed E-state index contributed by atoms with van der Waals surface area (Å²) in [7, 11) is 0. The van der Waals surface area contributed by atoms with Crippen LogP contribution in [0.25, 0.3) is 0 Å². The van der Waals surface area contributed by atoms with Gasteiger partial charge in [0.15, 0.2) is 5.01 Å². The fourth-order valence-corrected chi connectivity index (χ4v) is 1.66. The number of cyclic esters (lactones) is 1. The molecule has 9 heavy (non-hydrogen) atoms. The Bertz CT molecular complexity index is 186. The highest BCUT2D eigenvalue weighted by Crippen LogP contribution is 2.34. The normalized spacial score (nSPS) is 27.0. The maximum Gasteiger partial charge on any atom is 0.347 e. The van der Waals surface area contributed by atoms with Crippen molar-refractivity contribution in [3.63, 3.8) is 0 Å². The quantitative estimate of drug-likeness (QED) is 0.505. The first-order valence-electron chi connectivity index (χ1n) is 2.03. The molecule has 1 rings (SSSR count). The SMILES string of the molecule is O=C1OC(Br)C(Br)=C1Br. The fourth-order valence-electron chi connectivity index (χ4n) is 0.395. The maximum absolute atomic E-state index is 10.6. The van der Waals surface area contributed by atoms with Gasteiger partial charge < -0.3 is 4.74 Å². The molecule has 0 amide bonds. The Morgan fingerprint density at radius 3 is 2.11 bits per heavy atom. The third-order valence-electron chi connectivity index (χ3n) is 0.799. The van der Waals surface area contributed by atoms with E-state index >= 15 is 0 Å². The van der Waals surface area contributed by atoms with Crippen molar-refractivity contribution in [1.82, 2.24) is 0 Å². The van der Waals surface area contributed by atoms with Crippen molar-refractivity contribution in [2.45, 2.75) is 5.01 Å². The largest absolute Gasteiger partial charge is 0.441 e. The van der Waals surface area contributed by atoms with Crippen LogP contribution in [0.5, 0.6) is 0 Å². The molecular weight excluding hydrogens is 320 g/mol. The van der Waals surface area contributed by atoms with Crippen LogP contribution in [0, 0.1) is 0 Å². The van der Waals surface area contributed by atoms with Gasteiger partial charge in [-0.2, -0.15) is 0 Å². The molecule has 0 bridgehead atoms. The van der Waals surface area contributed by atoms with Gasteiger partial charge in [0.05, 0.1) is 4.48 Å². The number of carbonyl (C=O) groups is 1. The highest BCUT2D eigenvalue weighted by molar-refractivity contribution is 9.15. The molecule has 0 N–H and O–H groups in total. The summed E-state index contributed by atoms with van der Waals surface area (Å²) < 4.78 is 5.85. The van der Waals surface area contributed by atoms with E-state index in [1.165, 1.54) is 0 Å². The second-order valence-electron chi connectivity index (χ2n) is 1.38. The lowest BCUT2D eigenvalue weighted by Crippen LogP contribution is -1.99. The topological polar surface area (TPSA) is 26.3 Å². The van der Waals surface area contributed by atoms with Gasteiger partial charge in [0.2, 0.25) is 0 Å². The first-order valence-corrected chi connectivity index (χ1v) is 4.53. The predicted molar refractivity (Wildman–Crippen MR) is 43.7 cm³/mol. The summed E-state index contributed by atoms with van der Waals surface area (Å²) in [6, 6.07) is 0. The number of halogens is 3. The average molecular weight is 321 g/mol. The Morgan fingerprint density at radius 1 is 1.44 bits per heavy atom. The number of rotatable bonds is 0. The van der Waals surface area contributed by atoms with Crippen molar-refractivity contribution in [2.75, 3.05) is 0 Å². The Labute approximate surface area is 77.0 Å². The zero-order valence-corrected chi connectivity index (χ0v) is 8.79. The minimum atomic E-state index is -0.344. The lowest BCUT2D eigenvalue weighted by Gasteiger charge is -1.96. The van der Waals surface area contributed by atoms with E-state index in [2.05, 4.69) is 47.8 Å². The number of carbonyl (C=O) groups excluding carboxylic acids is 1. The maximum atomic E-state index is 10.6. The van der Waals surface area contributed by atoms with Crippen LogP contribution in [0.15, 0.2) is 8.96 Å². The molecule has 1 unspecified atom stereocenters. The molecule has 1 aliphatic rings. The third-order valence-corrected chi connectivity index (χ3v) is 4.15. The Kier molecular flexibility index (Phi) is 2.34. The molecule has 0 radical (unpaired) electrons. The molecule has 0 aromatic rings. The van der Waals surface area contributed by atoms with Crippen molar-refractivity contribution in [3.8, 4) is 0 Å². The molecule has 5 heteroatoms. The highest BCUT2D eigenvalue weighted by atomic mass is 79.9. The summed E-state index contributed by atoms with van der Waals surface area (Å²) in [6.45, 7) is 0. The number of alkyl halides is 1. The van der Waals surface area contributed by atoms with Gasteiger partial charge in [-0.15, -0.1) is 0 Å². The van der Waals surface area contributed by atoms with Gasteiger partial charge in [-0.3, -0.25) is 0 Å². The van der Waals surface area contributed by atoms with Crippen molar-refractivity contribution < 1.29 is 9.53 Å². The molecule has 0 saturated heterocycles. The Hall–Kier alpha value is 0.650. The van der Waals surface area contributed by atoms with Crippen molar-refractivity contribution in [2.24, 2.45) is 0 Å². The van der Waals surface area contributed by atoms with Crippen LogP contribution in [0.3, 0.4) is 0 Å². The van der Waals surface area contributed by atoms with E-state index in [1.807, 2.05) is 0 Å². The minimum absolute atomic E-state index is 0.320. The third kappa shape index (κ3) is 1.38. The van der Waals surface area contributed by atoms with E-state index in [9.17, 15) is 4.79 Å². The fraction of sp³-hybridized carbons (Fsp3) is 0.250. The van der Waals surface area contributed by atoms with E-state index < -0.39 is 0 Å². The van der Waals surface area contributed by atoms with Crippen LogP contribution in [0.1, 0.15) is 0 Å². The van der Waals surface area contributed by atoms with Crippen molar-refractivity contribution in [3.05, 3.63) is 8.96 Å². The standard InChI is InChI=1S/C4HBr3O2/c5-1-2(6)4(8)9-3(1)7/h3H. The summed E-state index contributed by atoms with van der Waals surface area (Å²) in [5, 5.41) is -0.320. The second-order valence-corrected chi connectivity index (χ2v) is 3.86. The van der Waals surface area contributed by atoms with Gasteiger partial charge in [-0.1, -0.05) is 0 Å². The van der Waals surface area contributed by atoms with Gasteiger partial charge in [-0.05, 0) is 47.8 Å². The van der Waals surface area contributed by atoms with Crippen LogP contribution in [-0.4, -0.2) is 11.0 Å². The molecule has 0 fully saturated rings. The zero-order valence-electron chi connectivity index (χ0n) is 4.03. The number of hydrogen-bond acceptors (Lipinski definition) is 2. The molecule has 1 aliphatic heterocycles. The summed E-state index contributed by atoms with van der Waals surface area (Å²) >= 11 is 9.29. The lowest BCUT2D eigenvalue weighted by molar-refractivity contribution is -0.136. The summed E-state index contributed by atoms with van der Waals surface area (Å²) in [5.41, 5.74) is 0. The first-order chi connectivity index (χ1) is 4.13. The van der Waals surface area contributed by atoms with Gasteiger partial charge >= 0.3 is 5.97 Å². The molecule has 0 spiro atoms. The van der Waals surface area contributed by atoms with Crippen molar-refractivity contribution >= 4 is 53.8 Å². The van der Waals surface area contributed by atoms with Gasteiger partial charge in [0, 0.05) is 0 Å².